The van der Waals surface area contributed by atoms with Gasteiger partial charge in [0.05, 0.1) is 15.6 Å². The molecule has 0 aromatic heterocycles. The Kier molecular flexibility index (Phi) is 8.29. The van der Waals surface area contributed by atoms with Crippen LogP contribution in [0.2, 0.25) is 10.0 Å². The lowest BCUT2D eigenvalue weighted by atomic mass is 9.76. The van der Waals surface area contributed by atoms with Crippen LogP contribution in [0.4, 0.5) is 4.79 Å². The zero-order chi connectivity index (χ0) is 26.6. The number of piperidine rings is 1. The van der Waals surface area contributed by atoms with E-state index in [1.54, 1.807) is 4.90 Å². The molecule has 2 heterocycles. The summed E-state index contributed by atoms with van der Waals surface area (Å²) >= 11 is 12.7. The number of ether oxygens (including phenoxy) is 1. The Morgan fingerprint density at radius 2 is 1.55 bits per heavy atom. The van der Waals surface area contributed by atoms with Crippen LogP contribution in [0.3, 0.4) is 0 Å². The van der Waals surface area contributed by atoms with Crippen molar-refractivity contribution in [2.75, 3.05) is 32.8 Å². The van der Waals surface area contributed by atoms with Gasteiger partial charge in [0.2, 0.25) is 0 Å². The third kappa shape index (κ3) is 6.02. The molecule has 7 heteroatoms. The van der Waals surface area contributed by atoms with Crippen LogP contribution in [0, 0.1) is 0 Å². The number of likely N-dealkylation sites (tertiary alicyclic amines) is 1. The molecule has 200 valence electrons. The molecule has 2 aliphatic rings. The van der Waals surface area contributed by atoms with Crippen molar-refractivity contribution in [3.63, 3.8) is 0 Å². The average molecular weight is 554 g/mol. The van der Waals surface area contributed by atoms with Crippen LogP contribution < -0.4 is 0 Å². The number of amides is 1. The van der Waals surface area contributed by atoms with E-state index in [9.17, 15) is 9.90 Å². The number of benzene rings is 3. The van der Waals surface area contributed by atoms with Crippen molar-refractivity contribution in [2.45, 2.75) is 43.2 Å². The number of nitrogens with zero attached hydrogens (tertiary/aromatic N) is 2. The Bertz CT molecular complexity index is 1230. The molecule has 0 spiro atoms. The summed E-state index contributed by atoms with van der Waals surface area (Å²) in [5.74, 6) is 0. The van der Waals surface area contributed by atoms with Crippen LogP contribution in [-0.4, -0.2) is 53.8 Å². The number of aliphatic hydroxyl groups is 1. The monoisotopic (exact) mass is 552 g/mol. The second kappa shape index (κ2) is 11.7. The van der Waals surface area contributed by atoms with E-state index < -0.39 is 11.0 Å². The zero-order valence-electron chi connectivity index (χ0n) is 21.5. The van der Waals surface area contributed by atoms with E-state index >= 15 is 0 Å². The molecule has 2 aliphatic heterocycles. The lowest BCUT2D eigenvalue weighted by Gasteiger charge is -2.43. The van der Waals surface area contributed by atoms with E-state index in [0.717, 1.165) is 62.0 Å². The average Bonchev–Trinajstić information content (AvgIpc) is 2.94. The number of hydrogen-bond donors (Lipinski definition) is 1. The molecule has 3 aromatic rings. The molecule has 5 nitrogen and oxygen atoms in total. The Morgan fingerprint density at radius 3 is 2.24 bits per heavy atom. The van der Waals surface area contributed by atoms with Crippen molar-refractivity contribution in [3.05, 3.63) is 106 Å². The Hall–Kier alpha value is -2.57. The van der Waals surface area contributed by atoms with Crippen LogP contribution in [0.5, 0.6) is 0 Å². The molecule has 1 N–H and O–H groups in total. The summed E-state index contributed by atoms with van der Waals surface area (Å²) in [6, 6.07) is 25.7. The van der Waals surface area contributed by atoms with Gasteiger partial charge in [0.25, 0.3) is 0 Å². The Morgan fingerprint density at radius 1 is 0.868 bits per heavy atom. The molecule has 1 atom stereocenters. The molecule has 0 bridgehead atoms. The maximum Gasteiger partial charge on any atom is 0.410 e. The molecular weight excluding hydrogens is 519 g/mol. The lowest BCUT2D eigenvalue weighted by molar-refractivity contribution is -0.0271. The molecular formula is C31H34Cl2N2O3. The largest absolute Gasteiger partial charge is 0.448 e. The first-order valence-electron chi connectivity index (χ1n) is 13.3. The number of hydrogen-bond acceptors (Lipinski definition) is 4. The van der Waals surface area contributed by atoms with Crippen LogP contribution in [0.15, 0.2) is 78.9 Å². The van der Waals surface area contributed by atoms with Crippen LogP contribution in [0.25, 0.3) is 0 Å². The van der Waals surface area contributed by atoms with Gasteiger partial charge in [0.15, 0.2) is 0 Å². The number of cyclic esters (lactones) is 1. The minimum atomic E-state index is -0.755. The molecule has 1 unspecified atom stereocenters. The normalized spacial score (nSPS) is 21.8. The van der Waals surface area contributed by atoms with Gasteiger partial charge >= 0.3 is 6.09 Å². The first kappa shape index (κ1) is 27.0. The smallest absolute Gasteiger partial charge is 0.410 e. The van der Waals surface area contributed by atoms with Gasteiger partial charge in [-0.15, -0.1) is 0 Å². The van der Waals surface area contributed by atoms with Crippen molar-refractivity contribution in [1.29, 1.82) is 0 Å². The lowest BCUT2D eigenvalue weighted by Crippen LogP contribution is -2.52. The molecule has 5 rings (SSSR count). The highest BCUT2D eigenvalue weighted by molar-refractivity contribution is 6.42. The van der Waals surface area contributed by atoms with E-state index in [1.807, 2.05) is 78.9 Å². The summed E-state index contributed by atoms with van der Waals surface area (Å²) in [7, 11) is 0. The van der Waals surface area contributed by atoms with E-state index in [-0.39, 0.29) is 6.09 Å². The van der Waals surface area contributed by atoms with Crippen molar-refractivity contribution in [2.24, 2.45) is 0 Å². The van der Waals surface area contributed by atoms with Crippen LogP contribution in [-0.2, 0) is 22.3 Å². The third-order valence-corrected chi connectivity index (χ3v) is 8.83. The summed E-state index contributed by atoms with van der Waals surface area (Å²) < 4.78 is 5.79. The van der Waals surface area contributed by atoms with Crippen LogP contribution in [0.1, 0.15) is 42.4 Å². The van der Waals surface area contributed by atoms with Gasteiger partial charge in [-0.2, -0.15) is 0 Å². The highest BCUT2D eigenvalue weighted by Crippen LogP contribution is 2.38. The Balaban J connectivity index is 1.27. The summed E-state index contributed by atoms with van der Waals surface area (Å²) in [6.45, 7) is 3.96. The molecule has 2 fully saturated rings. The summed E-state index contributed by atoms with van der Waals surface area (Å²) in [6.07, 6.45) is 2.92. The quantitative estimate of drug-likeness (QED) is 0.340. The van der Waals surface area contributed by atoms with E-state index in [1.165, 1.54) is 0 Å². The van der Waals surface area contributed by atoms with E-state index in [4.69, 9.17) is 27.9 Å². The minimum absolute atomic E-state index is 0.291. The number of halogens is 2. The Labute approximate surface area is 234 Å². The van der Waals surface area contributed by atoms with Crippen LogP contribution >= 0.6 is 23.2 Å². The topological polar surface area (TPSA) is 53.0 Å². The summed E-state index contributed by atoms with van der Waals surface area (Å²) in [5.41, 5.74) is 1.95. The molecule has 3 aromatic carbocycles. The highest BCUT2D eigenvalue weighted by Gasteiger charge is 2.42. The predicted molar refractivity (Wildman–Crippen MR) is 152 cm³/mol. The highest BCUT2D eigenvalue weighted by atomic mass is 35.5. The maximum atomic E-state index is 12.8. The van der Waals surface area contributed by atoms with E-state index in [2.05, 4.69) is 4.90 Å². The third-order valence-electron chi connectivity index (χ3n) is 8.10. The summed E-state index contributed by atoms with van der Waals surface area (Å²) in [4.78, 5) is 17.0. The fourth-order valence-corrected chi connectivity index (χ4v) is 6.11. The number of rotatable bonds is 8. The predicted octanol–water partition coefficient (Wildman–Crippen LogP) is 6.65. The number of carbonyl (C=O) groups is 1. The van der Waals surface area contributed by atoms with Crippen molar-refractivity contribution in [3.8, 4) is 0 Å². The van der Waals surface area contributed by atoms with Crippen molar-refractivity contribution in [1.82, 2.24) is 9.80 Å². The number of carbonyl (C=O) groups excluding carboxylic acids is 1. The van der Waals surface area contributed by atoms with Gasteiger partial charge in [-0.1, -0.05) is 89.9 Å². The molecule has 2 saturated heterocycles. The first-order chi connectivity index (χ1) is 18.4. The summed E-state index contributed by atoms with van der Waals surface area (Å²) in [5, 5.41) is 12.2. The fourth-order valence-electron chi connectivity index (χ4n) is 5.81. The second-order valence-corrected chi connectivity index (χ2v) is 11.5. The van der Waals surface area contributed by atoms with Gasteiger partial charge in [-0.25, -0.2) is 4.79 Å². The maximum absolute atomic E-state index is 12.8. The molecule has 0 aliphatic carbocycles. The second-order valence-electron chi connectivity index (χ2n) is 10.6. The van der Waals surface area contributed by atoms with Gasteiger partial charge in [0, 0.05) is 31.6 Å². The van der Waals surface area contributed by atoms with Gasteiger partial charge in [-0.05, 0) is 61.1 Å². The van der Waals surface area contributed by atoms with Gasteiger partial charge < -0.3 is 19.6 Å². The molecule has 1 amide bonds. The SMILES string of the molecule is O=C1OCC(CCCN2CCC(O)(c3ccccc3)CC2)(c2ccc(Cl)c(Cl)c2)CN1Cc1ccccc1. The van der Waals surface area contributed by atoms with Crippen molar-refractivity contribution < 1.29 is 14.6 Å². The molecule has 0 radical (unpaired) electrons. The minimum Gasteiger partial charge on any atom is -0.448 e. The molecule has 0 saturated carbocycles. The zero-order valence-corrected chi connectivity index (χ0v) is 23.0. The van der Waals surface area contributed by atoms with Gasteiger partial charge in [0.1, 0.15) is 6.61 Å². The van der Waals surface area contributed by atoms with Crippen molar-refractivity contribution >= 4 is 29.3 Å². The van der Waals surface area contributed by atoms with Gasteiger partial charge in [-0.3, -0.25) is 0 Å². The standard InChI is InChI=1S/C31H34Cl2N2O3/c32-27-13-12-26(20-28(27)33)30(22-35(29(36)38-23-30)21-24-8-3-1-4-9-24)14-7-17-34-18-15-31(37,16-19-34)25-10-5-2-6-11-25/h1-6,8-13,20,37H,7,14-19,21-23H2. The first-order valence-corrected chi connectivity index (χ1v) is 14.0. The molecule has 38 heavy (non-hydrogen) atoms. The van der Waals surface area contributed by atoms with E-state index in [0.29, 0.717) is 29.7 Å². The fraction of sp³-hybridized carbons (Fsp3) is 0.387.